The van der Waals surface area contributed by atoms with E-state index in [2.05, 4.69) is 10.4 Å². The quantitative estimate of drug-likeness (QED) is 0.932. The van der Waals surface area contributed by atoms with Crippen molar-refractivity contribution in [3.8, 4) is 0 Å². The van der Waals surface area contributed by atoms with Gasteiger partial charge < -0.3 is 5.32 Å². The van der Waals surface area contributed by atoms with Crippen LogP contribution in [-0.4, -0.2) is 16.8 Å². The molecule has 1 aromatic heterocycles. The van der Waals surface area contributed by atoms with Crippen LogP contribution < -0.4 is 5.32 Å². The smallest absolute Gasteiger partial charge is 0.126 e. The van der Waals surface area contributed by atoms with Gasteiger partial charge in [0.15, 0.2) is 0 Å². The lowest BCUT2D eigenvalue weighted by atomic mass is 9.97. The maximum atomic E-state index is 13.3. The minimum absolute atomic E-state index is 0.0232. The summed E-state index contributed by atoms with van der Waals surface area (Å²) in [5, 5.41) is 7.59. The summed E-state index contributed by atoms with van der Waals surface area (Å²) in [5.74, 6) is -1.09. The molecule has 0 saturated heterocycles. The van der Waals surface area contributed by atoms with Crippen molar-refractivity contribution in [1.82, 2.24) is 15.1 Å². The van der Waals surface area contributed by atoms with Crippen LogP contribution in [0.25, 0.3) is 0 Å². The minimum Gasteiger partial charge on any atom is -0.313 e. The molecular weight excluding hydrogens is 260 g/mol. The van der Waals surface area contributed by atoms with Crippen molar-refractivity contribution in [2.75, 3.05) is 7.05 Å². The molecule has 2 aromatic rings. The molecular formula is C15H19F2N3. The first kappa shape index (κ1) is 14.7. The van der Waals surface area contributed by atoms with E-state index in [-0.39, 0.29) is 6.04 Å². The van der Waals surface area contributed by atoms with E-state index in [1.165, 1.54) is 12.1 Å². The van der Waals surface area contributed by atoms with Gasteiger partial charge in [0.25, 0.3) is 0 Å². The van der Waals surface area contributed by atoms with Crippen LogP contribution in [0, 0.1) is 25.5 Å². The summed E-state index contributed by atoms with van der Waals surface area (Å²) in [6.45, 7) is 3.94. The van der Waals surface area contributed by atoms with E-state index in [1.54, 1.807) is 0 Å². The summed E-state index contributed by atoms with van der Waals surface area (Å²) in [7, 11) is 3.73. The highest BCUT2D eigenvalue weighted by atomic mass is 19.1. The van der Waals surface area contributed by atoms with E-state index in [0.717, 1.165) is 23.0 Å². The highest BCUT2D eigenvalue weighted by Gasteiger charge is 2.19. The van der Waals surface area contributed by atoms with Gasteiger partial charge in [-0.1, -0.05) is 0 Å². The molecule has 1 N–H and O–H groups in total. The molecule has 2 rings (SSSR count). The fourth-order valence-corrected chi connectivity index (χ4v) is 2.61. The summed E-state index contributed by atoms with van der Waals surface area (Å²) in [6.07, 6.45) is 0.512. The van der Waals surface area contributed by atoms with Crippen LogP contribution in [0.15, 0.2) is 18.2 Å². The molecule has 0 radical (unpaired) electrons. The normalized spacial score (nSPS) is 12.7. The molecule has 1 atom stereocenters. The maximum absolute atomic E-state index is 13.3. The Morgan fingerprint density at radius 2 is 1.80 bits per heavy atom. The SMILES string of the molecule is CNC(Cc1cc(F)cc(F)c1)c1c(C)nn(C)c1C. The molecule has 0 aliphatic heterocycles. The van der Waals surface area contributed by atoms with Gasteiger partial charge in [0, 0.05) is 30.4 Å². The number of rotatable bonds is 4. The zero-order valence-electron chi connectivity index (χ0n) is 12.2. The van der Waals surface area contributed by atoms with E-state index < -0.39 is 11.6 Å². The van der Waals surface area contributed by atoms with Crippen LogP contribution in [0.1, 0.15) is 28.6 Å². The summed E-state index contributed by atoms with van der Waals surface area (Å²) in [4.78, 5) is 0. The molecule has 0 aliphatic carbocycles. The second kappa shape index (κ2) is 5.71. The number of benzene rings is 1. The number of nitrogens with zero attached hydrogens (tertiary/aromatic N) is 2. The van der Waals surface area contributed by atoms with Crippen molar-refractivity contribution in [3.05, 3.63) is 52.3 Å². The van der Waals surface area contributed by atoms with E-state index in [0.29, 0.717) is 12.0 Å². The van der Waals surface area contributed by atoms with Gasteiger partial charge in [-0.3, -0.25) is 4.68 Å². The van der Waals surface area contributed by atoms with Crippen LogP contribution in [0.5, 0.6) is 0 Å². The Morgan fingerprint density at radius 3 is 2.25 bits per heavy atom. The van der Waals surface area contributed by atoms with Crippen molar-refractivity contribution in [3.63, 3.8) is 0 Å². The third-order valence-electron chi connectivity index (χ3n) is 3.62. The van der Waals surface area contributed by atoms with E-state index >= 15 is 0 Å². The molecule has 0 amide bonds. The highest BCUT2D eigenvalue weighted by Crippen LogP contribution is 2.25. The third kappa shape index (κ3) is 2.88. The first-order chi connectivity index (χ1) is 9.42. The maximum Gasteiger partial charge on any atom is 0.126 e. The molecule has 0 spiro atoms. The number of aromatic nitrogens is 2. The monoisotopic (exact) mass is 279 g/mol. The van der Waals surface area contributed by atoms with Gasteiger partial charge in [-0.15, -0.1) is 0 Å². The van der Waals surface area contributed by atoms with Crippen LogP contribution in [-0.2, 0) is 13.5 Å². The zero-order chi connectivity index (χ0) is 14.9. The van der Waals surface area contributed by atoms with E-state index in [9.17, 15) is 8.78 Å². The Hall–Kier alpha value is -1.75. The molecule has 5 heteroatoms. The highest BCUT2D eigenvalue weighted by molar-refractivity contribution is 5.30. The fraction of sp³-hybridized carbons (Fsp3) is 0.400. The predicted molar refractivity (Wildman–Crippen MR) is 74.5 cm³/mol. The fourth-order valence-electron chi connectivity index (χ4n) is 2.61. The summed E-state index contributed by atoms with van der Waals surface area (Å²) in [6, 6.07) is 3.60. The lowest BCUT2D eigenvalue weighted by Crippen LogP contribution is -2.20. The Kier molecular flexibility index (Phi) is 4.18. The lowest BCUT2D eigenvalue weighted by Gasteiger charge is -2.17. The van der Waals surface area contributed by atoms with Gasteiger partial charge in [0.05, 0.1) is 5.69 Å². The number of nitrogens with one attached hydrogen (secondary N) is 1. The predicted octanol–water partition coefficient (Wildman–Crippen LogP) is 2.82. The first-order valence-electron chi connectivity index (χ1n) is 6.54. The van der Waals surface area contributed by atoms with Crippen molar-refractivity contribution in [1.29, 1.82) is 0 Å². The number of hydrogen-bond acceptors (Lipinski definition) is 2. The van der Waals surface area contributed by atoms with Gasteiger partial charge in [0.1, 0.15) is 11.6 Å². The van der Waals surface area contributed by atoms with Gasteiger partial charge >= 0.3 is 0 Å². The Morgan fingerprint density at radius 1 is 1.20 bits per heavy atom. The molecule has 3 nitrogen and oxygen atoms in total. The topological polar surface area (TPSA) is 29.9 Å². The lowest BCUT2D eigenvalue weighted by molar-refractivity contribution is 0.559. The van der Waals surface area contributed by atoms with E-state index in [4.69, 9.17) is 0 Å². The zero-order valence-corrected chi connectivity index (χ0v) is 12.2. The summed E-state index contributed by atoms with van der Waals surface area (Å²) < 4.78 is 28.4. The molecule has 0 saturated carbocycles. The van der Waals surface area contributed by atoms with Crippen LogP contribution in [0.3, 0.4) is 0 Å². The molecule has 0 bridgehead atoms. The third-order valence-corrected chi connectivity index (χ3v) is 3.62. The average Bonchev–Trinajstić information content (AvgIpc) is 2.60. The van der Waals surface area contributed by atoms with Crippen molar-refractivity contribution in [2.24, 2.45) is 7.05 Å². The standard InChI is InChI=1S/C15H19F2N3/c1-9-15(10(2)20(4)19-9)14(18-3)7-11-5-12(16)8-13(17)6-11/h5-6,8,14,18H,7H2,1-4H3. The Labute approximate surface area is 117 Å². The van der Waals surface area contributed by atoms with Gasteiger partial charge in [-0.2, -0.15) is 5.10 Å². The molecule has 1 heterocycles. The second-order valence-electron chi connectivity index (χ2n) is 5.03. The van der Waals surface area contributed by atoms with Crippen LogP contribution in [0.2, 0.25) is 0 Å². The largest absolute Gasteiger partial charge is 0.313 e. The second-order valence-corrected chi connectivity index (χ2v) is 5.03. The Balaban J connectivity index is 2.33. The molecule has 1 unspecified atom stereocenters. The van der Waals surface area contributed by atoms with Gasteiger partial charge in [0.2, 0.25) is 0 Å². The van der Waals surface area contributed by atoms with Crippen molar-refractivity contribution in [2.45, 2.75) is 26.3 Å². The first-order valence-corrected chi connectivity index (χ1v) is 6.54. The molecule has 20 heavy (non-hydrogen) atoms. The van der Waals surface area contributed by atoms with Crippen molar-refractivity contribution < 1.29 is 8.78 Å². The molecule has 0 fully saturated rings. The summed E-state index contributed by atoms with van der Waals surface area (Å²) >= 11 is 0. The van der Waals surface area contributed by atoms with E-state index in [1.807, 2.05) is 32.6 Å². The number of halogens is 2. The average molecular weight is 279 g/mol. The van der Waals surface area contributed by atoms with Gasteiger partial charge in [-0.05, 0) is 45.0 Å². The Bertz CT molecular complexity index is 600. The summed E-state index contributed by atoms with van der Waals surface area (Å²) in [5.41, 5.74) is 3.70. The van der Waals surface area contributed by atoms with Crippen molar-refractivity contribution >= 4 is 0 Å². The number of likely N-dealkylation sites (N-methyl/N-ethyl adjacent to an activating group) is 1. The molecule has 0 aliphatic rings. The van der Waals surface area contributed by atoms with Crippen LogP contribution in [0.4, 0.5) is 8.78 Å². The minimum atomic E-state index is -0.547. The van der Waals surface area contributed by atoms with Gasteiger partial charge in [-0.25, -0.2) is 8.78 Å². The van der Waals surface area contributed by atoms with Crippen LogP contribution >= 0.6 is 0 Å². The molecule has 1 aromatic carbocycles. The number of hydrogen-bond donors (Lipinski definition) is 1. The molecule has 108 valence electrons. The number of aryl methyl sites for hydroxylation is 2.